The largest absolute Gasteiger partial charge is 0.0782 e. The van der Waals surface area contributed by atoms with E-state index in [9.17, 15) is 0 Å². The van der Waals surface area contributed by atoms with E-state index in [4.69, 9.17) is 0 Å². The molecule has 1 aromatic carbocycles. The maximum atomic E-state index is 2.60. The molecule has 0 N–H and O–H groups in total. The van der Waals surface area contributed by atoms with Crippen molar-refractivity contribution in [1.29, 1.82) is 0 Å². The maximum absolute atomic E-state index is 2.60. The smallest absolute Gasteiger partial charge is 0.0656 e. The van der Waals surface area contributed by atoms with Crippen molar-refractivity contribution in [2.45, 2.75) is 72.8 Å². The Balaban J connectivity index is 3.86. The van der Waals surface area contributed by atoms with Crippen LogP contribution in [0.25, 0.3) is 0 Å². The van der Waals surface area contributed by atoms with Gasteiger partial charge in [-0.05, 0) is 13.8 Å². The predicted molar refractivity (Wildman–Crippen MR) is 105 cm³/mol. The Labute approximate surface area is 130 Å². The zero-order valence-corrected chi connectivity index (χ0v) is 18.6. The number of hydrogen-bond donors (Lipinski definition) is 0. The van der Waals surface area contributed by atoms with E-state index in [1.54, 1.807) is 26.7 Å². The van der Waals surface area contributed by atoms with E-state index in [0.717, 1.165) is 0 Å². The Hall–Kier alpha value is -0.129. The van der Waals surface area contributed by atoms with Crippen molar-refractivity contribution in [3.05, 3.63) is 17.2 Å². The van der Waals surface area contributed by atoms with Gasteiger partial charge in [-0.2, -0.15) is 0 Å². The second-order valence-electron chi connectivity index (χ2n) is 9.35. The molecule has 0 spiro atoms. The van der Waals surface area contributed by atoms with Gasteiger partial charge >= 0.3 is 0 Å². The van der Waals surface area contributed by atoms with Crippen LogP contribution in [0.2, 0.25) is 58.9 Å². The van der Waals surface area contributed by atoms with Crippen LogP contribution in [0.3, 0.4) is 0 Å². The van der Waals surface area contributed by atoms with Crippen molar-refractivity contribution in [1.82, 2.24) is 0 Å². The first-order chi connectivity index (χ1) is 8.67. The van der Waals surface area contributed by atoms with Crippen LogP contribution in [0.15, 0.2) is 6.07 Å². The van der Waals surface area contributed by atoms with Gasteiger partial charge in [-0.3, -0.25) is 0 Å². The lowest BCUT2D eigenvalue weighted by molar-refractivity contribution is 1.43. The van der Waals surface area contributed by atoms with Gasteiger partial charge in [-0.25, -0.2) is 0 Å². The molecule has 0 amide bonds. The summed E-state index contributed by atoms with van der Waals surface area (Å²) in [4.78, 5) is 0. The molecule has 0 atom stereocenters. The molecular weight excluding hydrogens is 288 g/mol. The summed E-state index contributed by atoms with van der Waals surface area (Å²) < 4.78 is 0. The number of rotatable bonds is 3. The molecule has 0 aliphatic heterocycles. The van der Waals surface area contributed by atoms with Gasteiger partial charge in [-0.1, -0.05) is 91.7 Å². The molecule has 114 valence electrons. The number of benzene rings is 1. The highest BCUT2D eigenvalue weighted by atomic mass is 28.3. The van der Waals surface area contributed by atoms with Crippen molar-refractivity contribution in [3.63, 3.8) is 0 Å². The van der Waals surface area contributed by atoms with E-state index in [1.807, 2.05) is 0 Å². The first-order valence-corrected chi connectivity index (χ1v) is 18.3. The molecule has 0 fully saturated rings. The summed E-state index contributed by atoms with van der Waals surface area (Å²) in [5.74, 6) is 0. The molecule has 0 aliphatic rings. The SMILES string of the molecule is Cc1c([Si](C)(C)C)cc([Si](C)(C)C)c(C)c1[Si](C)(C)C. The summed E-state index contributed by atoms with van der Waals surface area (Å²) >= 11 is 0. The maximum Gasteiger partial charge on any atom is 0.0782 e. The van der Waals surface area contributed by atoms with Gasteiger partial charge < -0.3 is 0 Å². The third-order valence-electron chi connectivity index (χ3n) is 4.21. The molecule has 0 aromatic heterocycles. The second kappa shape index (κ2) is 5.25. The van der Waals surface area contributed by atoms with Gasteiger partial charge in [-0.15, -0.1) is 0 Å². The lowest BCUT2D eigenvalue weighted by Crippen LogP contribution is -2.55. The minimum Gasteiger partial charge on any atom is -0.0656 e. The molecular formula is C17H34Si3. The standard InChI is InChI=1S/C17H34Si3/c1-13-15(18(3,4)5)12-16(19(6,7)8)14(2)17(13)20(9,10)11/h12H,1-11H3. The van der Waals surface area contributed by atoms with Gasteiger partial charge in [0.15, 0.2) is 0 Å². The minimum atomic E-state index is -1.30. The first kappa shape index (κ1) is 17.9. The lowest BCUT2D eigenvalue weighted by atomic mass is 10.1. The van der Waals surface area contributed by atoms with E-state index in [0.29, 0.717) is 0 Å². The average Bonchev–Trinajstić information content (AvgIpc) is 2.10. The highest BCUT2D eigenvalue weighted by Gasteiger charge is 2.31. The second-order valence-corrected chi connectivity index (χ2v) is 24.4. The monoisotopic (exact) mass is 322 g/mol. The molecule has 0 aliphatic carbocycles. The van der Waals surface area contributed by atoms with Crippen LogP contribution in [0, 0.1) is 13.8 Å². The quantitative estimate of drug-likeness (QED) is 0.740. The Bertz CT molecular complexity index is 471. The average molecular weight is 323 g/mol. The molecule has 0 nitrogen and oxygen atoms in total. The third kappa shape index (κ3) is 3.55. The van der Waals surface area contributed by atoms with Crippen LogP contribution in [0.1, 0.15) is 11.1 Å². The normalized spacial score (nSPS) is 13.8. The number of hydrogen-bond acceptors (Lipinski definition) is 0. The Morgan fingerprint density at radius 3 is 1.05 bits per heavy atom. The molecule has 0 saturated carbocycles. The zero-order chi connectivity index (χ0) is 16.1. The Morgan fingerprint density at radius 2 is 0.850 bits per heavy atom. The van der Waals surface area contributed by atoms with Gasteiger partial charge in [0.1, 0.15) is 0 Å². The van der Waals surface area contributed by atoms with E-state index in [2.05, 4.69) is 78.8 Å². The molecule has 1 aromatic rings. The predicted octanol–water partition coefficient (Wildman–Crippen LogP) is 3.94. The van der Waals surface area contributed by atoms with Crippen molar-refractivity contribution in [2.75, 3.05) is 0 Å². The van der Waals surface area contributed by atoms with Gasteiger partial charge in [0.05, 0.1) is 24.2 Å². The fraction of sp³-hybridized carbons (Fsp3) is 0.647. The van der Waals surface area contributed by atoms with Crippen LogP contribution in [0.5, 0.6) is 0 Å². The molecule has 1 rings (SSSR count). The molecule has 20 heavy (non-hydrogen) atoms. The minimum absolute atomic E-state index is 1.28. The molecule has 0 saturated heterocycles. The van der Waals surface area contributed by atoms with Crippen molar-refractivity contribution in [3.8, 4) is 0 Å². The molecule has 0 heterocycles. The summed E-state index contributed by atoms with van der Waals surface area (Å²) in [5, 5.41) is 5.16. The van der Waals surface area contributed by atoms with Crippen molar-refractivity contribution in [2.24, 2.45) is 0 Å². The summed E-state index contributed by atoms with van der Waals surface area (Å²) in [6.07, 6.45) is 0. The highest BCUT2D eigenvalue weighted by molar-refractivity contribution is 6.95. The molecule has 0 unspecified atom stereocenters. The molecule has 0 radical (unpaired) electrons. The summed E-state index contributed by atoms with van der Waals surface area (Å²) in [7, 11) is -3.85. The van der Waals surface area contributed by atoms with E-state index in [1.165, 1.54) is 0 Å². The topological polar surface area (TPSA) is 0 Å². The van der Waals surface area contributed by atoms with Crippen LogP contribution < -0.4 is 15.6 Å². The summed E-state index contributed by atoms with van der Waals surface area (Å²) in [6, 6.07) is 2.60. The fourth-order valence-corrected chi connectivity index (χ4v) is 10.2. The van der Waals surface area contributed by atoms with Crippen LogP contribution in [0.4, 0.5) is 0 Å². The van der Waals surface area contributed by atoms with E-state index in [-0.39, 0.29) is 0 Å². The Morgan fingerprint density at radius 1 is 0.550 bits per heavy atom. The zero-order valence-electron chi connectivity index (χ0n) is 15.6. The first-order valence-electron chi connectivity index (χ1n) is 7.83. The Kier molecular flexibility index (Phi) is 4.71. The van der Waals surface area contributed by atoms with Crippen LogP contribution in [-0.4, -0.2) is 24.2 Å². The lowest BCUT2D eigenvalue weighted by Gasteiger charge is -2.33. The third-order valence-corrected chi connectivity index (χ3v) is 10.7. The summed E-state index contributed by atoms with van der Waals surface area (Å²) in [5.41, 5.74) is 3.26. The summed E-state index contributed by atoms with van der Waals surface area (Å²) in [6.45, 7) is 27.3. The fourth-order valence-electron chi connectivity index (χ4n) is 3.59. The molecule has 3 heteroatoms. The highest BCUT2D eigenvalue weighted by Crippen LogP contribution is 2.15. The van der Waals surface area contributed by atoms with Gasteiger partial charge in [0.2, 0.25) is 0 Å². The van der Waals surface area contributed by atoms with Crippen LogP contribution in [-0.2, 0) is 0 Å². The van der Waals surface area contributed by atoms with E-state index < -0.39 is 24.2 Å². The molecule has 0 bridgehead atoms. The van der Waals surface area contributed by atoms with Crippen molar-refractivity contribution < 1.29 is 0 Å². The van der Waals surface area contributed by atoms with Crippen LogP contribution >= 0.6 is 0 Å². The van der Waals surface area contributed by atoms with E-state index >= 15 is 0 Å². The van der Waals surface area contributed by atoms with Crippen molar-refractivity contribution >= 4 is 39.8 Å². The van der Waals surface area contributed by atoms with Gasteiger partial charge in [0.25, 0.3) is 0 Å². The van der Waals surface area contributed by atoms with Gasteiger partial charge in [0, 0.05) is 0 Å².